The molecule has 3 aliphatic rings. The van der Waals surface area contributed by atoms with Crippen molar-refractivity contribution < 1.29 is 4.74 Å². The van der Waals surface area contributed by atoms with Crippen LogP contribution >= 0.6 is 22.9 Å². The molecule has 0 amide bonds. The van der Waals surface area contributed by atoms with Gasteiger partial charge in [-0.3, -0.25) is 0 Å². The number of fused-ring (bicyclic) bond motifs is 3. The summed E-state index contributed by atoms with van der Waals surface area (Å²) in [6.45, 7) is 5.41. The lowest BCUT2D eigenvalue weighted by atomic mass is 9.46. The first-order valence-electron chi connectivity index (χ1n) is 9.64. The maximum Gasteiger partial charge on any atom is 0.322 e. The van der Waals surface area contributed by atoms with Gasteiger partial charge in [0.2, 0.25) is 11.2 Å². The fourth-order valence-electron chi connectivity index (χ4n) is 4.86. The molecule has 0 aliphatic heterocycles. The quantitative estimate of drug-likeness (QED) is 0.607. The van der Waals surface area contributed by atoms with Gasteiger partial charge in [-0.1, -0.05) is 13.8 Å². The van der Waals surface area contributed by atoms with Crippen molar-refractivity contribution >= 4 is 44.8 Å². The third-order valence-corrected chi connectivity index (χ3v) is 7.56. The third-order valence-electron chi connectivity index (χ3n) is 6.60. The van der Waals surface area contributed by atoms with Crippen molar-refractivity contribution in [3.8, 4) is 6.01 Å². The fourth-order valence-corrected chi connectivity index (χ4v) is 5.73. The van der Waals surface area contributed by atoms with E-state index in [0.717, 1.165) is 27.7 Å². The average molecular weight is 416 g/mol. The van der Waals surface area contributed by atoms with Crippen LogP contribution in [0.4, 0.5) is 11.6 Å². The van der Waals surface area contributed by atoms with Crippen molar-refractivity contribution in [3.05, 3.63) is 29.0 Å². The van der Waals surface area contributed by atoms with Crippen LogP contribution in [0.25, 0.3) is 10.2 Å². The van der Waals surface area contributed by atoms with Crippen molar-refractivity contribution in [2.75, 3.05) is 11.9 Å². The minimum absolute atomic E-state index is 0.124. The number of hydrogen-bond acceptors (Lipinski definition) is 7. The van der Waals surface area contributed by atoms with E-state index in [4.69, 9.17) is 16.3 Å². The molecule has 28 heavy (non-hydrogen) atoms. The summed E-state index contributed by atoms with van der Waals surface area (Å²) in [6.07, 6.45) is 3.84. The molecule has 6 nitrogen and oxygen atoms in total. The minimum Gasteiger partial charge on any atom is -0.463 e. The number of halogens is 1. The predicted molar refractivity (Wildman–Crippen MR) is 111 cm³/mol. The molecule has 0 radical (unpaired) electrons. The van der Waals surface area contributed by atoms with E-state index in [1.807, 2.05) is 23.7 Å². The molecule has 0 saturated heterocycles. The van der Waals surface area contributed by atoms with E-state index in [1.54, 1.807) is 11.3 Å². The summed E-state index contributed by atoms with van der Waals surface area (Å²) >= 11 is 7.70. The number of nitrogens with zero attached hydrogens (tertiary/aromatic N) is 4. The van der Waals surface area contributed by atoms with E-state index < -0.39 is 0 Å². The van der Waals surface area contributed by atoms with Crippen LogP contribution in [-0.4, -0.2) is 26.5 Å². The maximum absolute atomic E-state index is 6.11. The van der Waals surface area contributed by atoms with Crippen LogP contribution in [0.2, 0.25) is 5.28 Å². The van der Waals surface area contributed by atoms with Gasteiger partial charge in [-0.25, -0.2) is 4.98 Å². The molecule has 1 aromatic carbocycles. The molecule has 146 valence electrons. The molecule has 6 rings (SSSR count). The predicted octanol–water partition coefficient (Wildman–Crippen LogP) is 5.33. The highest BCUT2D eigenvalue weighted by Gasteiger charge is 2.54. The van der Waals surface area contributed by atoms with E-state index in [9.17, 15) is 0 Å². The Morgan fingerprint density at radius 1 is 1.25 bits per heavy atom. The molecule has 3 aromatic rings. The van der Waals surface area contributed by atoms with Gasteiger partial charge < -0.3 is 10.1 Å². The molecule has 0 spiro atoms. The van der Waals surface area contributed by atoms with Crippen molar-refractivity contribution in [3.63, 3.8) is 0 Å². The monoisotopic (exact) mass is 415 g/mol. The van der Waals surface area contributed by atoms with Crippen LogP contribution in [0.1, 0.15) is 33.1 Å². The lowest BCUT2D eigenvalue weighted by molar-refractivity contribution is -0.114. The number of benzene rings is 1. The number of nitrogens with one attached hydrogen (secondary N) is 1. The second kappa shape index (κ2) is 6.81. The highest BCUT2D eigenvalue weighted by Crippen LogP contribution is 2.61. The highest BCUT2D eigenvalue weighted by atomic mass is 35.5. The molecule has 2 bridgehead atoms. The molecular formula is C20H22ClN5OS. The second-order valence-corrected chi connectivity index (χ2v) is 9.60. The normalized spacial score (nSPS) is 25.3. The van der Waals surface area contributed by atoms with Gasteiger partial charge in [0.1, 0.15) is 0 Å². The smallest absolute Gasteiger partial charge is 0.322 e. The number of rotatable bonds is 5. The second-order valence-electron chi connectivity index (χ2n) is 8.38. The van der Waals surface area contributed by atoms with Gasteiger partial charge in [0.05, 0.1) is 22.3 Å². The Morgan fingerprint density at radius 2 is 2.14 bits per heavy atom. The number of aromatic nitrogens is 4. The van der Waals surface area contributed by atoms with Gasteiger partial charge in [-0.2, -0.15) is 15.0 Å². The van der Waals surface area contributed by atoms with E-state index in [-0.39, 0.29) is 11.3 Å². The third kappa shape index (κ3) is 3.20. The first-order valence-corrected chi connectivity index (χ1v) is 10.9. The number of thiazole rings is 1. The first-order chi connectivity index (χ1) is 13.5. The average Bonchev–Trinajstić information content (AvgIpc) is 3.14. The Kier molecular flexibility index (Phi) is 4.39. The number of hydrogen-bond donors (Lipinski definition) is 1. The minimum atomic E-state index is 0.124. The zero-order valence-corrected chi connectivity index (χ0v) is 17.4. The van der Waals surface area contributed by atoms with Gasteiger partial charge >= 0.3 is 6.01 Å². The van der Waals surface area contributed by atoms with E-state index in [0.29, 0.717) is 23.9 Å². The molecule has 2 aromatic heterocycles. The molecule has 3 fully saturated rings. The molecule has 2 heterocycles. The Bertz CT molecular complexity index is 1020. The number of anilines is 2. The summed E-state index contributed by atoms with van der Waals surface area (Å²) in [6, 6.07) is 6.20. The van der Waals surface area contributed by atoms with Crippen molar-refractivity contribution in [2.24, 2.45) is 23.2 Å². The summed E-state index contributed by atoms with van der Waals surface area (Å²) < 4.78 is 7.05. The van der Waals surface area contributed by atoms with Crippen molar-refractivity contribution in [2.45, 2.75) is 33.1 Å². The largest absolute Gasteiger partial charge is 0.463 e. The lowest BCUT2D eigenvalue weighted by Gasteiger charge is -2.60. The molecular weight excluding hydrogens is 394 g/mol. The van der Waals surface area contributed by atoms with Gasteiger partial charge in [-0.15, -0.1) is 11.3 Å². The maximum atomic E-state index is 6.11. The molecule has 3 unspecified atom stereocenters. The Labute approximate surface area is 172 Å². The van der Waals surface area contributed by atoms with E-state index in [1.165, 1.54) is 19.3 Å². The molecule has 3 aliphatic carbocycles. The lowest BCUT2D eigenvalue weighted by Crippen LogP contribution is -2.53. The molecule has 3 saturated carbocycles. The number of ether oxygens (including phenoxy) is 1. The standard InChI is InChI=1S/C20H22ClN5OS/c1-20(2)12-4-3-11(14(20)7-12)9-27-19-25-17(21)24-18(26-19)23-13-5-6-15-16(8-13)28-10-22-15/h5-6,8,10-12,14H,3-4,7,9H2,1-2H3,(H,23,24,25,26). The van der Waals surface area contributed by atoms with Gasteiger partial charge in [0.25, 0.3) is 0 Å². The van der Waals surface area contributed by atoms with E-state index in [2.05, 4.69) is 39.1 Å². The van der Waals surface area contributed by atoms with Gasteiger partial charge in [-0.05, 0) is 72.2 Å². The van der Waals surface area contributed by atoms with Crippen molar-refractivity contribution in [1.82, 2.24) is 19.9 Å². The van der Waals surface area contributed by atoms with Crippen LogP contribution in [0, 0.1) is 23.2 Å². The van der Waals surface area contributed by atoms with Crippen molar-refractivity contribution in [1.29, 1.82) is 0 Å². The van der Waals surface area contributed by atoms with E-state index >= 15 is 0 Å². The summed E-state index contributed by atoms with van der Waals surface area (Å²) in [4.78, 5) is 17.0. The molecule has 3 atom stereocenters. The zero-order valence-electron chi connectivity index (χ0n) is 15.9. The Morgan fingerprint density at radius 3 is 2.96 bits per heavy atom. The van der Waals surface area contributed by atoms with Gasteiger partial charge in [0.15, 0.2) is 0 Å². The highest BCUT2D eigenvalue weighted by molar-refractivity contribution is 7.16. The summed E-state index contributed by atoms with van der Waals surface area (Å²) in [5.74, 6) is 2.55. The van der Waals surface area contributed by atoms with Crippen LogP contribution < -0.4 is 10.1 Å². The summed E-state index contributed by atoms with van der Waals surface area (Å²) in [7, 11) is 0. The Balaban J connectivity index is 1.29. The SMILES string of the molecule is CC1(C)C2CCC(COc3nc(Cl)nc(Nc4ccc5ncsc5c4)n3)C1C2. The summed E-state index contributed by atoms with van der Waals surface area (Å²) in [5, 5.41) is 3.31. The Hall–Kier alpha value is -1.99. The van der Waals surface area contributed by atoms with Gasteiger partial charge in [0, 0.05) is 5.69 Å². The van der Waals surface area contributed by atoms with Crippen LogP contribution in [0.15, 0.2) is 23.7 Å². The first kappa shape index (κ1) is 18.1. The van der Waals surface area contributed by atoms with Crippen LogP contribution in [-0.2, 0) is 0 Å². The van der Waals surface area contributed by atoms with Crippen LogP contribution in [0.5, 0.6) is 6.01 Å². The van der Waals surface area contributed by atoms with Crippen LogP contribution in [0.3, 0.4) is 0 Å². The molecule has 8 heteroatoms. The zero-order chi connectivity index (χ0) is 19.3. The topological polar surface area (TPSA) is 72.8 Å². The molecule has 1 N–H and O–H groups in total. The summed E-state index contributed by atoms with van der Waals surface area (Å²) in [5.41, 5.74) is 4.11. The fraction of sp³-hybridized carbons (Fsp3) is 0.500.